The Bertz CT molecular complexity index is 847. The van der Waals surface area contributed by atoms with Gasteiger partial charge in [-0.1, -0.05) is 72.8 Å². The molecule has 2 N–H and O–H groups in total. The van der Waals surface area contributed by atoms with E-state index in [-0.39, 0.29) is 0 Å². The molecule has 1 heterocycles. The van der Waals surface area contributed by atoms with Gasteiger partial charge < -0.3 is 14.8 Å². The van der Waals surface area contributed by atoms with Gasteiger partial charge in [-0.3, -0.25) is 0 Å². The van der Waals surface area contributed by atoms with Crippen LogP contribution in [0.2, 0.25) is 0 Å². The Balaban J connectivity index is 1.61. The van der Waals surface area contributed by atoms with Crippen LogP contribution in [-0.4, -0.2) is 17.2 Å². The summed E-state index contributed by atoms with van der Waals surface area (Å²) >= 11 is 0. The van der Waals surface area contributed by atoms with E-state index in [0.717, 1.165) is 33.3 Å². The molecule has 1 atom stereocenters. The SMILES string of the molecule is OB1OCc2ccc(C(O)c3ccc(-c4ccccc4)cc3)cc21. The second-order valence-electron chi connectivity index (χ2n) is 6.01. The lowest BCUT2D eigenvalue weighted by Gasteiger charge is -2.13. The topological polar surface area (TPSA) is 49.7 Å². The fourth-order valence-corrected chi connectivity index (χ4v) is 3.08. The molecular formula is C20H17BO3. The lowest BCUT2D eigenvalue weighted by atomic mass is 9.78. The Labute approximate surface area is 141 Å². The second-order valence-corrected chi connectivity index (χ2v) is 6.01. The third-order valence-corrected chi connectivity index (χ3v) is 4.48. The number of hydrogen-bond acceptors (Lipinski definition) is 3. The maximum Gasteiger partial charge on any atom is 0.491 e. The first kappa shape index (κ1) is 15.2. The van der Waals surface area contributed by atoms with Gasteiger partial charge in [0.2, 0.25) is 0 Å². The summed E-state index contributed by atoms with van der Waals surface area (Å²) in [7, 11) is -0.896. The van der Waals surface area contributed by atoms with Gasteiger partial charge in [0.15, 0.2) is 0 Å². The van der Waals surface area contributed by atoms with Crippen LogP contribution < -0.4 is 5.46 Å². The third-order valence-electron chi connectivity index (χ3n) is 4.48. The van der Waals surface area contributed by atoms with Crippen molar-refractivity contribution >= 4 is 12.6 Å². The highest BCUT2D eigenvalue weighted by Crippen LogP contribution is 2.26. The number of hydrogen-bond donors (Lipinski definition) is 2. The van der Waals surface area contributed by atoms with Gasteiger partial charge in [-0.15, -0.1) is 0 Å². The maximum atomic E-state index is 10.6. The quantitative estimate of drug-likeness (QED) is 0.731. The van der Waals surface area contributed by atoms with Crippen LogP contribution in [0.3, 0.4) is 0 Å². The number of aliphatic hydroxyl groups is 1. The summed E-state index contributed by atoms with van der Waals surface area (Å²) in [4.78, 5) is 0. The van der Waals surface area contributed by atoms with E-state index in [2.05, 4.69) is 12.1 Å². The van der Waals surface area contributed by atoms with Crippen LogP contribution in [0.15, 0.2) is 72.8 Å². The molecule has 3 aromatic carbocycles. The Hall–Kier alpha value is -2.40. The summed E-state index contributed by atoms with van der Waals surface area (Å²) < 4.78 is 5.20. The number of fused-ring (bicyclic) bond motifs is 1. The van der Waals surface area contributed by atoms with Crippen molar-refractivity contribution in [3.05, 3.63) is 89.5 Å². The number of rotatable bonds is 3. The molecule has 0 bridgehead atoms. The van der Waals surface area contributed by atoms with E-state index in [1.807, 2.05) is 60.7 Å². The zero-order valence-electron chi connectivity index (χ0n) is 13.1. The summed E-state index contributed by atoms with van der Waals surface area (Å²) in [5.41, 5.74) is 5.56. The standard InChI is InChI=1S/C20H17BO3/c22-20(17-10-11-18-13-24-21(23)19(18)12-17)16-8-6-15(7-9-16)14-4-2-1-3-5-14/h1-12,20,22-23H,13H2. The van der Waals surface area contributed by atoms with E-state index in [9.17, 15) is 10.1 Å². The Morgan fingerprint density at radius 2 is 1.50 bits per heavy atom. The first-order chi connectivity index (χ1) is 11.7. The van der Waals surface area contributed by atoms with Crippen LogP contribution in [0.25, 0.3) is 11.1 Å². The predicted molar refractivity (Wildman–Crippen MR) is 94.8 cm³/mol. The van der Waals surface area contributed by atoms with E-state index >= 15 is 0 Å². The molecule has 0 aliphatic carbocycles. The van der Waals surface area contributed by atoms with E-state index < -0.39 is 13.2 Å². The summed E-state index contributed by atoms with van der Waals surface area (Å²) in [5, 5.41) is 20.5. The van der Waals surface area contributed by atoms with Gasteiger partial charge in [-0.05, 0) is 33.3 Å². The van der Waals surface area contributed by atoms with Crippen molar-refractivity contribution < 1.29 is 14.8 Å². The zero-order valence-corrected chi connectivity index (χ0v) is 13.1. The summed E-state index contributed by atoms with van der Waals surface area (Å²) in [6, 6.07) is 23.7. The van der Waals surface area contributed by atoms with Gasteiger partial charge in [0.25, 0.3) is 0 Å². The van der Waals surface area contributed by atoms with E-state index in [0.29, 0.717) is 6.61 Å². The molecule has 0 radical (unpaired) electrons. The van der Waals surface area contributed by atoms with Crippen molar-refractivity contribution in [2.45, 2.75) is 12.7 Å². The molecule has 3 nitrogen and oxygen atoms in total. The molecule has 1 aliphatic heterocycles. The van der Waals surface area contributed by atoms with Crippen molar-refractivity contribution in [3.8, 4) is 11.1 Å². The molecule has 24 heavy (non-hydrogen) atoms. The Kier molecular flexibility index (Phi) is 3.94. The van der Waals surface area contributed by atoms with Crippen molar-refractivity contribution in [3.63, 3.8) is 0 Å². The summed E-state index contributed by atoms with van der Waals surface area (Å²) in [6.07, 6.45) is -0.729. The normalized spacial score (nSPS) is 14.5. The molecule has 0 saturated heterocycles. The molecular weight excluding hydrogens is 299 g/mol. The van der Waals surface area contributed by atoms with E-state index in [1.165, 1.54) is 0 Å². The first-order valence-electron chi connectivity index (χ1n) is 7.98. The van der Waals surface area contributed by atoms with Crippen LogP contribution >= 0.6 is 0 Å². The second kappa shape index (κ2) is 6.25. The monoisotopic (exact) mass is 316 g/mol. The minimum atomic E-state index is -0.896. The van der Waals surface area contributed by atoms with Crippen LogP contribution in [-0.2, 0) is 11.3 Å². The van der Waals surface area contributed by atoms with Crippen molar-refractivity contribution in [1.29, 1.82) is 0 Å². The van der Waals surface area contributed by atoms with Crippen molar-refractivity contribution in [1.82, 2.24) is 0 Å². The maximum absolute atomic E-state index is 10.6. The molecule has 1 unspecified atom stereocenters. The van der Waals surface area contributed by atoms with Crippen LogP contribution in [0.1, 0.15) is 22.8 Å². The first-order valence-corrected chi connectivity index (χ1v) is 7.98. The van der Waals surface area contributed by atoms with Crippen molar-refractivity contribution in [2.75, 3.05) is 0 Å². The highest BCUT2D eigenvalue weighted by atomic mass is 16.5. The van der Waals surface area contributed by atoms with Crippen LogP contribution in [0.4, 0.5) is 0 Å². The third kappa shape index (κ3) is 2.76. The molecule has 4 heteroatoms. The number of aliphatic hydroxyl groups excluding tert-OH is 1. The molecule has 0 amide bonds. The molecule has 0 fully saturated rings. The fraction of sp³-hybridized carbons (Fsp3) is 0.100. The van der Waals surface area contributed by atoms with Gasteiger partial charge in [0.05, 0.1) is 6.61 Å². The molecule has 0 spiro atoms. The average molecular weight is 316 g/mol. The largest absolute Gasteiger partial charge is 0.491 e. The Morgan fingerprint density at radius 1 is 0.833 bits per heavy atom. The molecule has 118 valence electrons. The molecule has 1 aliphatic rings. The minimum absolute atomic E-state index is 0.415. The highest BCUT2D eigenvalue weighted by molar-refractivity contribution is 6.61. The zero-order chi connectivity index (χ0) is 16.5. The fourth-order valence-electron chi connectivity index (χ4n) is 3.08. The van der Waals surface area contributed by atoms with Gasteiger partial charge in [0, 0.05) is 0 Å². The minimum Gasteiger partial charge on any atom is -0.423 e. The van der Waals surface area contributed by atoms with Crippen molar-refractivity contribution in [2.24, 2.45) is 0 Å². The lowest BCUT2D eigenvalue weighted by Crippen LogP contribution is -2.28. The Morgan fingerprint density at radius 3 is 2.25 bits per heavy atom. The summed E-state index contributed by atoms with van der Waals surface area (Å²) in [6.45, 7) is 0.415. The smallest absolute Gasteiger partial charge is 0.423 e. The van der Waals surface area contributed by atoms with Gasteiger partial charge in [0.1, 0.15) is 6.10 Å². The number of benzene rings is 3. The lowest BCUT2D eigenvalue weighted by molar-refractivity contribution is 0.220. The van der Waals surface area contributed by atoms with Gasteiger partial charge in [-0.25, -0.2) is 0 Å². The molecule has 3 aromatic rings. The van der Waals surface area contributed by atoms with E-state index in [1.54, 1.807) is 0 Å². The average Bonchev–Trinajstić information content (AvgIpc) is 3.02. The van der Waals surface area contributed by atoms with Crippen LogP contribution in [0.5, 0.6) is 0 Å². The molecule has 0 aromatic heterocycles. The highest BCUT2D eigenvalue weighted by Gasteiger charge is 2.28. The molecule has 4 rings (SSSR count). The van der Waals surface area contributed by atoms with Gasteiger partial charge >= 0.3 is 7.12 Å². The predicted octanol–water partition coefficient (Wildman–Crippen LogP) is 2.65. The van der Waals surface area contributed by atoms with Gasteiger partial charge in [-0.2, -0.15) is 0 Å². The molecule has 0 saturated carbocycles. The van der Waals surface area contributed by atoms with E-state index in [4.69, 9.17) is 4.65 Å². The summed E-state index contributed by atoms with van der Waals surface area (Å²) in [5.74, 6) is 0. The van der Waals surface area contributed by atoms with Crippen LogP contribution in [0, 0.1) is 0 Å².